The van der Waals surface area contributed by atoms with Gasteiger partial charge in [0.25, 0.3) is 5.56 Å². The maximum Gasteiger partial charge on any atom is 0.258 e. The highest BCUT2D eigenvalue weighted by Crippen LogP contribution is 2.34. The Labute approximate surface area is 150 Å². The molecule has 0 fully saturated rings. The Balaban J connectivity index is 1.33. The topological polar surface area (TPSA) is 81.9 Å². The SMILES string of the molecule is O=C(CSCc1cc(=O)n2ccsc2n1)Nc1ccc2c(c1)OCO2. The van der Waals surface area contributed by atoms with Gasteiger partial charge in [0.1, 0.15) is 0 Å². The first-order valence-electron chi connectivity index (χ1n) is 7.42. The monoisotopic (exact) mass is 375 g/mol. The standard InChI is InChI=1S/C16H13N3O4S2/c20-14(17-10-1-2-12-13(5-10)23-9-22-12)8-24-7-11-6-15(21)19-3-4-25-16(19)18-11/h1-6H,7-9H2,(H,17,20). The van der Waals surface area contributed by atoms with Gasteiger partial charge in [-0.25, -0.2) is 4.98 Å². The van der Waals surface area contributed by atoms with Gasteiger partial charge in [-0.15, -0.1) is 23.1 Å². The number of carbonyl (C=O) groups excluding carboxylic acids is 1. The summed E-state index contributed by atoms with van der Waals surface area (Å²) >= 11 is 2.81. The van der Waals surface area contributed by atoms with E-state index in [0.717, 1.165) is 0 Å². The van der Waals surface area contributed by atoms with Gasteiger partial charge >= 0.3 is 0 Å². The molecule has 1 aliphatic rings. The van der Waals surface area contributed by atoms with Gasteiger partial charge < -0.3 is 14.8 Å². The highest BCUT2D eigenvalue weighted by molar-refractivity contribution is 7.99. The van der Waals surface area contributed by atoms with Crippen LogP contribution in [0.3, 0.4) is 0 Å². The minimum absolute atomic E-state index is 0.105. The fraction of sp³-hybridized carbons (Fsp3) is 0.188. The summed E-state index contributed by atoms with van der Waals surface area (Å²) in [5.41, 5.74) is 1.23. The molecule has 0 atom stereocenters. The number of ether oxygens (including phenoxy) is 2. The lowest BCUT2D eigenvalue weighted by atomic mass is 10.3. The van der Waals surface area contributed by atoms with Crippen molar-refractivity contribution in [1.29, 1.82) is 0 Å². The lowest BCUT2D eigenvalue weighted by molar-refractivity contribution is -0.113. The Morgan fingerprint density at radius 1 is 1.32 bits per heavy atom. The first kappa shape index (κ1) is 16.0. The molecule has 1 aliphatic heterocycles. The van der Waals surface area contributed by atoms with Gasteiger partial charge in [0.15, 0.2) is 16.5 Å². The van der Waals surface area contributed by atoms with E-state index < -0.39 is 0 Å². The van der Waals surface area contributed by atoms with E-state index in [-0.39, 0.29) is 24.0 Å². The molecule has 1 amide bonds. The van der Waals surface area contributed by atoms with Gasteiger partial charge in [0, 0.05) is 35.1 Å². The molecule has 1 aromatic carbocycles. The summed E-state index contributed by atoms with van der Waals surface area (Å²) in [6, 6.07) is 6.77. The second-order valence-corrected chi connectivity index (χ2v) is 7.11. The van der Waals surface area contributed by atoms with Crippen LogP contribution in [0.2, 0.25) is 0 Å². The lowest BCUT2D eigenvalue weighted by Gasteiger charge is -2.06. The van der Waals surface area contributed by atoms with Crippen molar-refractivity contribution < 1.29 is 14.3 Å². The Hall–Kier alpha value is -2.52. The Morgan fingerprint density at radius 2 is 2.20 bits per heavy atom. The molecule has 0 bridgehead atoms. The van der Waals surface area contributed by atoms with Gasteiger partial charge in [0.2, 0.25) is 12.7 Å². The second-order valence-electron chi connectivity index (χ2n) is 5.25. The molecular formula is C16H13N3O4S2. The first-order valence-corrected chi connectivity index (χ1v) is 9.45. The van der Waals surface area contributed by atoms with Crippen LogP contribution >= 0.6 is 23.1 Å². The number of thioether (sulfide) groups is 1. The molecule has 0 saturated carbocycles. The Kier molecular flexibility index (Phi) is 4.33. The summed E-state index contributed by atoms with van der Waals surface area (Å²) in [4.78, 5) is 29.0. The van der Waals surface area contributed by atoms with Gasteiger partial charge in [-0.05, 0) is 12.1 Å². The number of hydrogen-bond donors (Lipinski definition) is 1. The van der Waals surface area contributed by atoms with Gasteiger partial charge in [0.05, 0.1) is 11.4 Å². The summed E-state index contributed by atoms with van der Waals surface area (Å²) in [6.07, 6.45) is 1.70. The average molecular weight is 375 g/mol. The minimum Gasteiger partial charge on any atom is -0.454 e. The van der Waals surface area contributed by atoms with E-state index in [1.807, 2.05) is 5.38 Å². The zero-order chi connectivity index (χ0) is 17.2. The van der Waals surface area contributed by atoms with Crippen LogP contribution in [0.25, 0.3) is 4.96 Å². The number of thiazole rings is 1. The molecule has 9 heteroatoms. The molecule has 4 rings (SSSR count). The van der Waals surface area contributed by atoms with E-state index in [1.54, 1.807) is 24.4 Å². The number of nitrogens with zero attached hydrogens (tertiary/aromatic N) is 2. The molecule has 25 heavy (non-hydrogen) atoms. The molecule has 0 radical (unpaired) electrons. The molecule has 3 heterocycles. The Morgan fingerprint density at radius 3 is 3.12 bits per heavy atom. The van der Waals surface area contributed by atoms with Crippen LogP contribution in [-0.2, 0) is 10.5 Å². The molecular weight excluding hydrogens is 362 g/mol. The summed E-state index contributed by atoms with van der Waals surface area (Å²) in [7, 11) is 0. The van der Waals surface area contributed by atoms with E-state index in [2.05, 4.69) is 10.3 Å². The highest BCUT2D eigenvalue weighted by atomic mass is 32.2. The van der Waals surface area contributed by atoms with Crippen molar-refractivity contribution in [3.63, 3.8) is 0 Å². The van der Waals surface area contributed by atoms with Crippen molar-refractivity contribution in [1.82, 2.24) is 9.38 Å². The number of benzene rings is 1. The molecule has 0 unspecified atom stereocenters. The number of aromatic nitrogens is 2. The smallest absolute Gasteiger partial charge is 0.258 e. The number of rotatable bonds is 5. The number of amides is 1. The van der Waals surface area contributed by atoms with E-state index >= 15 is 0 Å². The number of carbonyl (C=O) groups is 1. The molecule has 1 N–H and O–H groups in total. The van der Waals surface area contributed by atoms with Gasteiger partial charge in [-0.3, -0.25) is 14.0 Å². The zero-order valence-electron chi connectivity index (χ0n) is 12.9. The number of nitrogens with one attached hydrogen (secondary N) is 1. The second kappa shape index (κ2) is 6.77. The third kappa shape index (κ3) is 3.47. The fourth-order valence-electron chi connectivity index (χ4n) is 2.38. The third-order valence-corrected chi connectivity index (χ3v) is 5.22. The molecule has 0 aliphatic carbocycles. The molecule has 0 saturated heterocycles. The largest absolute Gasteiger partial charge is 0.454 e. The molecule has 7 nitrogen and oxygen atoms in total. The van der Waals surface area contributed by atoms with Crippen LogP contribution in [0.4, 0.5) is 5.69 Å². The predicted octanol–water partition coefficient (Wildman–Crippen LogP) is 2.36. The zero-order valence-corrected chi connectivity index (χ0v) is 14.6. The first-order chi connectivity index (χ1) is 12.2. The average Bonchev–Trinajstić information content (AvgIpc) is 3.23. The summed E-state index contributed by atoms with van der Waals surface area (Å²) < 4.78 is 12.0. The lowest BCUT2D eigenvalue weighted by Crippen LogP contribution is -2.15. The van der Waals surface area contributed by atoms with Crippen LogP contribution < -0.4 is 20.3 Å². The van der Waals surface area contributed by atoms with Crippen molar-refractivity contribution in [3.8, 4) is 11.5 Å². The van der Waals surface area contributed by atoms with Crippen LogP contribution in [0.5, 0.6) is 11.5 Å². The van der Waals surface area contributed by atoms with Crippen LogP contribution in [-0.4, -0.2) is 27.8 Å². The van der Waals surface area contributed by atoms with Crippen molar-refractivity contribution in [2.45, 2.75) is 5.75 Å². The summed E-state index contributed by atoms with van der Waals surface area (Å²) in [5.74, 6) is 1.93. The van der Waals surface area contributed by atoms with Gasteiger partial charge in [-0.2, -0.15) is 0 Å². The Bertz CT molecular complexity index is 998. The number of fused-ring (bicyclic) bond motifs is 2. The minimum atomic E-state index is -0.127. The van der Waals surface area contributed by atoms with Crippen molar-refractivity contribution in [2.75, 3.05) is 17.9 Å². The van der Waals surface area contributed by atoms with Crippen LogP contribution in [0, 0.1) is 0 Å². The number of hydrogen-bond acceptors (Lipinski definition) is 7. The van der Waals surface area contributed by atoms with Crippen LogP contribution in [0.1, 0.15) is 5.69 Å². The van der Waals surface area contributed by atoms with Crippen molar-refractivity contribution in [2.24, 2.45) is 0 Å². The van der Waals surface area contributed by atoms with E-state index in [4.69, 9.17) is 9.47 Å². The summed E-state index contributed by atoms with van der Waals surface area (Å²) in [5, 5.41) is 4.63. The van der Waals surface area contributed by atoms with E-state index in [0.29, 0.717) is 33.6 Å². The van der Waals surface area contributed by atoms with Crippen molar-refractivity contribution in [3.05, 3.63) is 51.9 Å². The molecule has 3 aromatic rings. The van der Waals surface area contributed by atoms with E-state index in [9.17, 15) is 9.59 Å². The molecule has 128 valence electrons. The predicted molar refractivity (Wildman–Crippen MR) is 96.7 cm³/mol. The maximum atomic E-state index is 12.1. The van der Waals surface area contributed by atoms with Gasteiger partial charge in [-0.1, -0.05) is 0 Å². The maximum absolute atomic E-state index is 12.1. The fourth-order valence-corrected chi connectivity index (χ4v) is 3.84. The molecule has 2 aromatic heterocycles. The quantitative estimate of drug-likeness (QED) is 0.737. The summed E-state index contributed by atoms with van der Waals surface area (Å²) in [6.45, 7) is 0.199. The van der Waals surface area contributed by atoms with E-state index in [1.165, 1.54) is 33.6 Å². The molecule has 0 spiro atoms. The normalized spacial score (nSPS) is 12.5. The van der Waals surface area contributed by atoms with Crippen molar-refractivity contribution >= 4 is 39.7 Å². The van der Waals surface area contributed by atoms with Crippen LogP contribution in [0.15, 0.2) is 40.6 Å². The number of anilines is 1. The third-order valence-electron chi connectivity index (χ3n) is 3.50. The highest BCUT2D eigenvalue weighted by Gasteiger charge is 2.14.